The third-order valence-corrected chi connectivity index (χ3v) is 4.71. The van der Waals surface area contributed by atoms with Crippen molar-refractivity contribution in [3.63, 3.8) is 0 Å². The van der Waals surface area contributed by atoms with Gasteiger partial charge >= 0.3 is 0 Å². The monoisotopic (exact) mass is 274 g/mol. The predicted octanol–water partition coefficient (Wildman–Crippen LogP) is 3.59. The Kier molecular flexibility index (Phi) is 4.69. The van der Waals surface area contributed by atoms with Gasteiger partial charge in [0.1, 0.15) is 0 Å². The molecule has 0 aliphatic heterocycles. The van der Waals surface area contributed by atoms with Crippen LogP contribution in [0.15, 0.2) is 18.2 Å². The van der Waals surface area contributed by atoms with Crippen molar-refractivity contribution in [3.8, 4) is 0 Å². The Labute approximate surface area is 122 Å². The fraction of sp³-hybridized carbons (Fsp3) is 0.588. The van der Waals surface area contributed by atoms with Crippen LogP contribution in [-0.2, 0) is 0 Å². The molecule has 1 saturated carbocycles. The van der Waals surface area contributed by atoms with Gasteiger partial charge in [-0.25, -0.2) is 0 Å². The summed E-state index contributed by atoms with van der Waals surface area (Å²) in [4.78, 5) is 12.5. The molecule has 1 aliphatic carbocycles. The van der Waals surface area contributed by atoms with Crippen molar-refractivity contribution < 1.29 is 4.79 Å². The Morgan fingerprint density at radius 2 is 2.00 bits per heavy atom. The molecular weight excluding hydrogens is 248 g/mol. The van der Waals surface area contributed by atoms with E-state index >= 15 is 0 Å². The number of amides is 1. The number of anilines is 1. The van der Waals surface area contributed by atoms with Crippen LogP contribution in [0.3, 0.4) is 0 Å². The first-order valence-corrected chi connectivity index (χ1v) is 7.62. The minimum absolute atomic E-state index is 0.0419. The molecule has 20 heavy (non-hydrogen) atoms. The number of carbonyl (C=O) groups is 1. The van der Waals surface area contributed by atoms with E-state index in [9.17, 15) is 4.79 Å². The lowest BCUT2D eigenvalue weighted by Gasteiger charge is -2.34. The highest BCUT2D eigenvalue weighted by molar-refractivity contribution is 5.99. The molecule has 0 spiro atoms. The number of benzene rings is 1. The summed E-state index contributed by atoms with van der Waals surface area (Å²) in [6.07, 6.45) is 3.58. The maximum Gasteiger partial charge on any atom is 0.253 e. The van der Waals surface area contributed by atoms with Crippen LogP contribution in [0.1, 0.15) is 49.0 Å². The largest absolute Gasteiger partial charge is 0.387 e. The molecule has 0 saturated heterocycles. The second-order valence-corrected chi connectivity index (χ2v) is 6.15. The second kappa shape index (κ2) is 6.29. The average Bonchev–Trinajstić information content (AvgIpc) is 2.43. The summed E-state index contributed by atoms with van der Waals surface area (Å²) in [6.45, 7) is 6.57. The highest BCUT2D eigenvalue weighted by Crippen LogP contribution is 2.30. The number of hydrogen-bond acceptors (Lipinski definition) is 2. The first kappa shape index (κ1) is 14.9. The first-order chi connectivity index (χ1) is 9.52. The smallest absolute Gasteiger partial charge is 0.253 e. The topological polar surface area (TPSA) is 41.1 Å². The van der Waals surface area contributed by atoms with E-state index in [0.717, 1.165) is 23.2 Å². The number of aryl methyl sites for hydroxylation is 1. The minimum Gasteiger partial charge on any atom is -0.387 e. The summed E-state index contributed by atoms with van der Waals surface area (Å²) in [5.74, 6) is 1.28. The molecule has 2 N–H and O–H groups in total. The molecular formula is C17H26N2O. The zero-order valence-corrected chi connectivity index (χ0v) is 13.0. The Hall–Kier alpha value is -1.51. The molecule has 0 radical (unpaired) electrons. The lowest BCUT2D eigenvalue weighted by atomic mass is 9.78. The van der Waals surface area contributed by atoms with Crippen molar-refractivity contribution in [2.45, 2.75) is 46.1 Å². The van der Waals surface area contributed by atoms with Gasteiger partial charge in [-0.1, -0.05) is 32.8 Å². The van der Waals surface area contributed by atoms with E-state index in [2.05, 4.69) is 24.5 Å². The average molecular weight is 274 g/mol. The zero-order valence-electron chi connectivity index (χ0n) is 13.0. The van der Waals surface area contributed by atoms with Crippen molar-refractivity contribution in [1.82, 2.24) is 5.32 Å². The van der Waals surface area contributed by atoms with E-state index < -0.39 is 0 Å². The van der Waals surface area contributed by atoms with Crippen molar-refractivity contribution >= 4 is 11.6 Å². The summed E-state index contributed by atoms with van der Waals surface area (Å²) in [7, 11) is 1.86. The van der Waals surface area contributed by atoms with Crippen molar-refractivity contribution in [3.05, 3.63) is 29.3 Å². The maximum atomic E-state index is 12.5. The Bertz CT molecular complexity index is 484. The van der Waals surface area contributed by atoms with Gasteiger partial charge in [0.25, 0.3) is 5.91 Å². The summed E-state index contributed by atoms with van der Waals surface area (Å²) in [5, 5.41) is 6.34. The van der Waals surface area contributed by atoms with Gasteiger partial charge in [-0.15, -0.1) is 0 Å². The van der Waals surface area contributed by atoms with Gasteiger partial charge in [0, 0.05) is 18.8 Å². The quantitative estimate of drug-likeness (QED) is 0.884. The zero-order chi connectivity index (χ0) is 14.7. The molecule has 3 heteroatoms. The summed E-state index contributed by atoms with van der Waals surface area (Å²) in [6, 6.07) is 6.22. The predicted molar refractivity (Wildman–Crippen MR) is 84.2 cm³/mol. The van der Waals surface area contributed by atoms with Gasteiger partial charge < -0.3 is 10.6 Å². The lowest BCUT2D eigenvalue weighted by Crippen LogP contribution is -2.43. The SMILES string of the molecule is CNc1cc(C)ccc1C(=O)NC1CCCC(C)C1C. The van der Waals surface area contributed by atoms with Crippen molar-refractivity contribution in [1.29, 1.82) is 0 Å². The van der Waals surface area contributed by atoms with Gasteiger partial charge in [0.15, 0.2) is 0 Å². The molecule has 0 bridgehead atoms. The molecule has 2 rings (SSSR count). The van der Waals surface area contributed by atoms with Gasteiger partial charge in [0.2, 0.25) is 0 Å². The van der Waals surface area contributed by atoms with Gasteiger partial charge in [-0.05, 0) is 42.9 Å². The van der Waals surface area contributed by atoms with Gasteiger partial charge in [-0.3, -0.25) is 4.79 Å². The fourth-order valence-electron chi connectivity index (χ4n) is 3.09. The fourth-order valence-corrected chi connectivity index (χ4v) is 3.09. The molecule has 1 aromatic carbocycles. The van der Waals surface area contributed by atoms with E-state index in [-0.39, 0.29) is 5.91 Å². The molecule has 3 atom stereocenters. The summed E-state index contributed by atoms with van der Waals surface area (Å²) < 4.78 is 0. The third kappa shape index (κ3) is 3.14. The molecule has 1 amide bonds. The third-order valence-electron chi connectivity index (χ3n) is 4.71. The van der Waals surface area contributed by atoms with E-state index in [1.54, 1.807) is 0 Å². The molecule has 0 heterocycles. The van der Waals surface area contributed by atoms with Crippen molar-refractivity contribution in [2.75, 3.05) is 12.4 Å². The lowest BCUT2D eigenvalue weighted by molar-refractivity contribution is 0.0892. The van der Waals surface area contributed by atoms with Crippen LogP contribution in [0.5, 0.6) is 0 Å². The van der Waals surface area contributed by atoms with Crippen LogP contribution in [0.4, 0.5) is 5.69 Å². The van der Waals surface area contributed by atoms with Crippen LogP contribution >= 0.6 is 0 Å². The van der Waals surface area contributed by atoms with E-state index in [1.165, 1.54) is 12.8 Å². The van der Waals surface area contributed by atoms with Crippen LogP contribution < -0.4 is 10.6 Å². The van der Waals surface area contributed by atoms with Crippen LogP contribution in [-0.4, -0.2) is 19.0 Å². The normalized spacial score (nSPS) is 26.1. The highest BCUT2D eigenvalue weighted by atomic mass is 16.1. The minimum atomic E-state index is 0.0419. The van der Waals surface area contributed by atoms with E-state index in [0.29, 0.717) is 17.9 Å². The van der Waals surface area contributed by atoms with Crippen LogP contribution in [0, 0.1) is 18.8 Å². The highest BCUT2D eigenvalue weighted by Gasteiger charge is 2.28. The molecule has 1 fully saturated rings. The molecule has 0 aromatic heterocycles. The van der Waals surface area contributed by atoms with Gasteiger partial charge in [-0.2, -0.15) is 0 Å². The Morgan fingerprint density at radius 1 is 1.25 bits per heavy atom. The van der Waals surface area contributed by atoms with Crippen molar-refractivity contribution in [2.24, 2.45) is 11.8 Å². The number of hydrogen-bond donors (Lipinski definition) is 2. The molecule has 1 aliphatic rings. The van der Waals surface area contributed by atoms with E-state index in [4.69, 9.17) is 0 Å². The molecule has 1 aromatic rings. The summed E-state index contributed by atoms with van der Waals surface area (Å²) in [5.41, 5.74) is 2.80. The first-order valence-electron chi connectivity index (χ1n) is 7.62. The molecule has 3 nitrogen and oxygen atoms in total. The number of rotatable bonds is 3. The van der Waals surface area contributed by atoms with E-state index in [1.807, 2.05) is 32.2 Å². The number of nitrogens with one attached hydrogen (secondary N) is 2. The Morgan fingerprint density at radius 3 is 2.70 bits per heavy atom. The number of carbonyl (C=O) groups excluding carboxylic acids is 1. The molecule has 110 valence electrons. The maximum absolute atomic E-state index is 12.5. The summed E-state index contributed by atoms with van der Waals surface area (Å²) >= 11 is 0. The molecule has 3 unspecified atom stereocenters. The van der Waals surface area contributed by atoms with Crippen LogP contribution in [0.2, 0.25) is 0 Å². The Balaban J connectivity index is 2.12. The second-order valence-electron chi connectivity index (χ2n) is 6.15. The van der Waals surface area contributed by atoms with Gasteiger partial charge in [0.05, 0.1) is 5.56 Å². The van der Waals surface area contributed by atoms with Crippen LogP contribution in [0.25, 0.3) is 0 Å². The standard InChI is InChI=1S/C17H26N2O/c1-11-8-9-14(16(10-11)18-4)17(20)19-15-7-5-6-12(2)13(15)3/h8-10,12-13,15,18H,5-7H2,1-4H3,(H,19,20).